The van der Waals surface area contributed by atoms with Gasteiger partial charge in [0.1, 0.15) is 6.29 Å². The molecule has 2 rings (SSSR count). The maximum absolute atomic E-state index is 12.2. The molecule has 0 bridgehead atoms. The number of anilines is 1. The van der Waals surface area contributed by atoms with Crippen LogP contribution in [-0.2, 0) is 9.53 Å². The number of hydrogen-bond donors (Lipinski definition) is 1. The smallest absolute Gasteiger partial charge is 0.258 e. The molecule has 0 saturated heterocycles. The third-order valence-corrected chi connectivity index (χ3v) is 2.89. The number of aldehydes is 1. The molecule has 0 aliphatic heterocycles. The highest BCUT2D eigenvalue weighted by atomic mass is 16.5. The van der Waals surface area contributed by atoms with Gasteiger partial charge in [-0.05, 0) is 29.8 Å². The fourth-order valence-electron chi connectivity index (χ4n) is 1.88. The van der Waals surface area contributed by atoms with Crippen molar-refractivity contribution in [3.8, 4) is 0 Å². The maximum atomic E-state index is 12.2. The molecule has 4 heteroatoms. The first-order valence-corrected chi connectivity index (χ1v) is 6.18. The Kier molecular flexibility index (Phi) is 4.63. The van der Waals surface area contributed by atoms with E-state index in [1.165, 1.54) is 7.11 Å². The molecule has 1 unspecified atom stereocenters. The molecule has 1 amide bonds. The number of amides is 1. The second-order valence-electron chi connectivity index (χ2n) is 4.26. The Balaban J connectivity index is 2.11. The van der Waals surface area contributed by atoms with E-state index < -0.39 is 6.10 Å². The predicted octanol–water partition coefficient (Wildman–Crippen LogP) is 2.83. The maximum Gasteiger partial charge on any atom is 0.258 e. The van der Waals surface area contributed by atoms with Gasteiger partial charge < -0.3 is 10.1 Å². The van der Waals surface area contributed by atoms with Gasteiger partial charge in [-0.25, -0.2) is 0 Å². The van der Waals surface area contributed by atoms with Gasteiger partial charge in [0.2, 0.25) is 0 Å². The second-order valence-corrected chi connectivity index (χ2v) is 4.26. The van der Waals surface area contributed by atoms with E-state index >= 15 is 0 Å². The average molecular weight is 269 g/mol. The molecule has 1 atom stereocenters. The van der Waals surface area contributed by atoms with Crippen molar-refractivity contribution in [3.63, 3.8) is 0 Å². The van der Waals surface area contributed by atoms with Gasteiger partial charge in [-0.3, -0.25) is 9.59 Å². The first-order chi connectivity index (χ1) is 9.74. The molecule has 0 aliphatic carbocycles. The van der Waals surface area contributed by atoms with Crippen LogP contribution in [0.1, 0.15) is 22.0 Å². The molecule has 2 aromatic carbocycles. The van der Waals surface area contributed by atoms with Gasteiger partial charge in [0, 0.05) is 18.4 Å². The quantitative estimate of drug-likeness (QED) is 0.849. The Morgan fingerprint density at radius 3 is 2.30 bits per heavy atom. The SMILES string of the molecule is COC(C(=O)Nc1ccc(C=O)cc1)c1ccccc1. The van der Waals surface area contributed by atoms with Gasteiger partial charge in [0.25, 0.3) is 5.91 Å². The molecule has 0 spiro atoms. The Morgan fingerprint density at radius 2 is 1.75 bits per heavy atom. The summed E-state index contributed by atoms with van der Waals surface area (Å²) in [6, 6.07) is 15.9. The van der Waals surface area contributed by atoms with Crippen molar-refractivity contribution >= 4 is 17.9 Å². The van der Waals surface area contributed by atoms with Crippen molar-refractivity contribution in [3.05, 3.63) is 65.7 Å². The van der Waals surface area contributed by atoms with E-state index in [2.05, 4.69) is 5.32 Å². The third kappa shape index (κ3) is 3.30. The van der Waals surface area contributed by atoms with Crippen LogP contribution >= 0.6 is 0 Å². The summed E-state index contributed by atoms with van der Waals surface area (Å²) in [4.78, 5) is 22.8. The summed E-state index contributed by atoms with van der Waals surface area (Å²) in [6.07, 6.45) is 0.0926. The first-order valence-electron chi connectivity index (χ1n) is 6.18. The zero-order valence-electron chi connectivity index (χ0n) is 11.1. The molecule has 20 heavy (non-hydrogen) atoms. The van der Waals surface area contributed by atoms with Crippen LogP contribution in [0.3, 0.4) is 0 Å². The lowest BCUT2D eigenvalue weighted by Gasteiger charge is -2.15. The van der Waals surface area contributed by atoms with Crippen LogP contribution in [0.4, 0.5) is 5.69 Å². The fourth-order valence-corrected chi connectivity index (χ4v) is 1.88. The van der Waals surface area contributed by atoms with Crippen molar-refractivity contribution in [2.45, 2.75) is 6.10 Å². The Labute approximate surface area is 117 Å². The lowest BCUT2D eigenvalue weighted by atomic mass is 10.1. The third-order valence-electron chi connectivity index (χ3n) is 2.89. The second kappa shape index (κ2) is 6.63. The van der Waals surface area contributed by atoms with Crippen molar-refractivity contribution in [2.75, 3.05) is 12.4 Å². The highest BCUT2D eigenvalue weighted by Crippen LogP contribution is 2.19. The molecular weight excluding hydrogens is 254 g/mol. The van der Waals surface area contributed by atoms with Crippen LogP contribution in [0.15, 0.2) is 54.6 Å². The van der Waals surface area contributed by atoms with Gasteiger partial charge in [-0.2, -0.15) is 0 Å². The molecule has 0 saturated carbocycles. The normalized spacial score (nSPS) is 11.7. The summed E-state index contributed by atoms with van der Waals surface area (Å²) in [5.41, 5.74) is 1.98. The average Bonchev–Trinajstić information content (AvgIpc) is 2.50. The minimum absolute atomic E-state index is 0.252. The number of nitrogens with one attached hydrogen (secondary N) is 1. The Morgan fingerprint density at radius 1 is 1.10 bits per heavy atom. The minimum atomic E-state index is -0.665. The standard InChI is InChI=1S/C16H15NO3/c1-20-15(13-5-3-2-4-6-13)16(19)17-14-9-7-12(11-18)8-10-14/h2-11,15H,1H3,(H,17,19). The summed E-state index contributed by atoms with van der Waals surface area (Å²) in [5.74, 6) is -0.252. The van der Waals surface area contributed by atoms with E-state index in [-0.39, 0.29) is 5.91 Å². The molecule has 2 aromatic rings. The van der Waals surface area contributed by atoms with E-state index in [4.69, 9.17) is 4.74 Å². The van der Waals surface area contributed by atoms with E-state index in [0.29, 0.717) is 11.3 Å². The van der Waals surface area contributed by atoms with Gasteiger partial charge in [0.05, 0.1) is 0 Å². The lowest BCUT2D eigenvalue weighted by Crippen LogP contribution is -2.22. The Bertz CT molecular complexity index is 578. The topological polar surface area (TPSA) is 55.4 Å². The molecule has 0 radical (unpaired) electrons. The van der Waals surface area contributed by atoms with Crippen LogP contribution in [0.2, 0.25) is 0 Å². The molecule has 0 fully saturated rings. The zero-order valence-corrected chi connectivity index (χ0v) is 11.1. The molecule has 102 valence electrons. The van der Waals surface area contributed by atoms with E-state index in [0.717, 1.165) is 11.8 Å². The van der Waals surface area contributed by atoms with Crippen molar-refractivity contribution < 1.29 is 14.3 Å². The van der Waals surface area contributed by atoms with Crippen molar-refractivity contribution in [1.29, 1.82) is 0 Å². The summed E-state index contributed by atoms with van der Waals surface area (Å²) in [7, 11) is 1.49. The molecule has 0 aliphatic rings. The van der Waals surface area contributed by atoms with E-state index in [9.17, 15) is 9.59 Å². The number of ether oxygens (including phenoxy) is 1. The zero-order chi connectivity index (χ0) is 14.4. The monoisotopic (exact) mass is 269 g/mol. The number of benzene rings is 2. The van der Waals surface area contributed by atoms with Crippen LogP contribution in [0.25, 0.3) is 0 Å². The van der Waals surface area contributed by atoms with Crippen molar-refractivity contribution in [2.24, 2.45) is 0 Å². The largest absolute Gasteiger partial charge is 0.367 e. The van der Waals surface area contributed by atoms with Crippen LogP contribution < -0.4 is 5.32 Å². The summed E-state index contributed by atoms with van der Waals surface area (Å²) >= 11 is 0. The van der Waals surface area contributed by atoms with E-state index in [1.807, 2.05) is 30.3 Å². The van der Waals surface area contributed by atoms with Crippen LogP contribution in [-0.4, -0.2) is 19.3 Å². The molecule has 1 N–H and O–H groups in total. The number of hydrogen-bond acceptors (Lipinski definition) is 3. The van der Waals surface area contributed by atoms with Gasteiger partial charge in [0.15, 0.2) is 6.10 Å². The molecule has 0 heterocycles. The van der Waals surface area contributed by atoms with Gasteiger partial charge in [-0.15, -0.1) is 0 Å². The van der Waals surface area contributed by atoms with Gasteiger partial charge >= 0.3 is 0 Å². The summed E-state index contributed by atoms with van der Waals surface area (Å²) < 4.78 is 5.25. The van der Waals surface area contributed by atoms with Crippen LogP contribution in [0, 0.1) is 0 Å². The minimum Gasteiger partial charge on any atom is -0.367 e. The molecule has 0 aromatic heterocycles. The lowest BCUT2D eigenvalue weighted by molar-refractivity contribution is -0.126. The fraction of sp³-hybridized carbons (Fsp3) is 0.125. The van der Waals surface area contributed by atoms with E-state index in [1.54, 1.807) is 24.3 Å². The van der Waals surface area contributed by atoms with Crippen molar-refractivity contribution in [1.82, 2.24) is 0 Å². The van der Waals surface area contributed by atoms with Crippen LogP contribution in [0.5, 0.6) is 0 Å². The predicted molar refractivity (Wildman–Crippen MR) is 76.7 cm³/mol. The number of rotatable bonds is 5. The highest BCUT2D eigenvalue weighted by Gasteiger charge is 2.19. The number of carbonyl (C=O) groups is 2. The highest BCUT2D eigenvalue weighted by molar-refractivity contribution is 5.95. The first kappa shape index (κ1) is 14.0. The molecular formula is C16H15NO3. The Hall–Kier alpha value is -2.46. The summed E-state index contributed by atoms with van der Waals surface area (Å²) in [5, 5.41) is 2.76. The number of methoxy groups -OCH3 is 1. The number of carbonyl (C=O) groups excluding carboxylic acids is 2. The molecule has 4 nitrogen and oxygen atoms in total. The summed E-state index contributed by atoms with van der Waals surface area (Å²) in [6.45, 7) is 0. The van der Waals surface area contributed by atoms with Gasteiger partial charge in [-0.1, -0.05) is 30.3 Å².